The summed E-state index contributed by atoms with van der Waals surface area (Å²) in [6, 6.07) is 0. The maximum atomic E-state index is 10.8. The first-order chi connectivity index (χ1) is 5.83. The lowest BCUT2D eigenvalue weighted by molar-refractivity contribution is -0.140. The molecular formula is C8H15NO2S. The Hall–Kier alpha value is -0.220. The Labute approximate surface area is 77.2 Å². The summed E-state index contributed by atoms with van der Waals surface area (Å²) >= 11 is 1.95. The van der Waals surface area contributed by atoms with Crippen LogP contribution in [0, 0.1) is 0 Å². The molecule has 4 heteroatoms. The normalized spacial score (nSPS) is 23.6. The predicted octanol–water partition coefficient (Wildman–Crippen LogP) is 0.645. The van der Waals surface area contributed by atoms with Gasteiger partial charge < -0.3 is 10.1 Å². The molecule has 1 rings (SSSR count). The molecular weight excluding hydrogens is 174 g/mol. The molecule has 1 heterocycles. The second-order valence-electron chi connectivity index (χ2n) is 2.81. The topological polar surface area (TPSA) is 38.3 Å². The van der Waals surface area contributed by atoms with Crippen LogP contribution < -0.4 is 5.32 Å². The van der Waals surface area contributed by atoms with Crippen molar-refractivity contribution in [3.63, 3.8) is 0 Å². The standard InChI is InChI=1S/C8H15NO2S/c1-11-8(10)3-2-7-6-9-4-5-12-7/h7,9H,2-6H2,1H3. The summed E-state index contributed by atoms with van der Waals surface area (Å²) in [5.74, 6) is 1.06. The molecule has 0 amide bonds. The van der Waals surface area contributed by atoms with Crippen LogP contribution in [0.1, 0.15) is 12.8 Å². The minimum atomic E-state index is -0.0961. The molecule has 12 heavy (non-hydrogen) atoms. The van der Waals surface area contributed by atoms with Crippen LogP contribution in [0.3, 0.4) is 0 Å². The van der Waals surface area contributed by atoms with Gasteiger partial charge in [0.15, 0.2) is 0 Å². The van der Waals surface area contributed by atoms with E-state index >= 15 is 0 Å². The molecule has 0 saturated carbocycles. The van der Waals surface area contributed by atoms with Gasteiger partial charge in [-0.2, -0.15) is 11.8 Å². The molecule has 3 nitrogen and oxygen atoms in total. The lowest BCUT2D eigenvalue weighted by Gasteiger charge is -2.21. The van der Waals surface area contributed by atoms with E-state index in [1.165, 1.54) is 7.11 Å². The second-order valence-corrected chi connectivity index (χ2v) is 4.22. The Balaban J connectivity index is 2.09. The van der Waals surface area contributed by atoms with Crippen molar-refractivity contribution in [1.29, 1.82) is 0 Å². The quantitative estimate of drug-likeness (QED) is 0.661. The SMILES string of the molecule is COC(=O)CCC1CNCCS1. The molecule has 0 aliphatic carbocycles. The Morgan fingerprint density at radius 2 is 2.58 bits per heavy atom. The third kappa shape index (κ3) is 3.45. The molecule has 0 aromatic heterocycles. The van der Waals surface area contributed by atoms with Crippen molar-refractivity contribution < 1.29 is 9.53 Å². The third-order valence-corrected chi connectivity index (χ3v) is 3.22. The smallest absolute Gasteiger partial charge is 0.305 e. The largest absolute Gasteiger partial charge is 0.469 e. The highest BCUT2D eigenvalue weighted by molar-refractivity contribution is 8.00. The van der Waals surface area contributed by atoms with Crippen molar-refractivity contribution >= 4 is 17.7 Å². The number of rotatable bonds is 3. The van der Waals surface area contributed by atoms with Gasteiger partial charge in [-0.15, -0.1) is 0 Å². The summed E-state index contributed by atoms with van der Waals surface area (Å²) in [6.07, 6.45) is 1.49. The summed E-state index contributed by atoms with van der Waals surface area (Å²) in [7, 11) is 1.44. The van der Waals surface area contributed by atoms with E-state index in [1.807, 2.05) is 11.8 Å². The fourth-order valence-electron chi connectivity index (χ4n) is 1.19. The maximum absolute atomic E-state index is 10.8. The first-order valence-electron chi connectivity index (χ1n) is 4.22. The van der Waals surface area contributed by atoms with Crippen LogP contribution in [-0.2, 0) is 9.53 Å². The van der Waals surface area contributed by atoms with Gasteiger partial charge >= 0.3 is 5.97 Å². The number of hydrogen-bond donors (Lipinski definition) is 1. The molecule has 1 aliphatic rings. The number of carbonyl (C=O) groups excluding carboxylic acids is 1. The molecule has 1 atom stereocenters. The van der Waals surface area contributed by atoms with Crippen molar-refractivity contribution in [3.8, 4) is 0 Å². The average Bonchev–Trinajstić information content (AvgIpc) is 2.16. The number of thioether (sulfide) groups is 1. The van der Waals surface area contributed by atoms with Gasteiger partial charge in [0.2, 0.25) is 0 Å². The van der Waals surface area contributed by atoms with Crippen LogP contribution in [0.25, 0.3) is 0 Å². The van der Waals surface area contributed by atoms with E-state index in [-0.39, 0.29) is 5.97 Å². The van der Waals surface area contributed by atoms with E-state index in [1.54, 1.807) is 0 Å². The van der Waals surface area contributed by atoms with E-state index in [2.05, 4.69) is 10.1 Å². The zero-order valence-corrected chi connectivity index (χ0v) is 8.15. The number of hydrogen-bond acceptors (Lipinski definition) is 4. The molecule has 70 valence electrons. The molecule has 0 aromatic carbocycles. The van der Waals surface area contributed by atoms with Gasteiger partial charge in [0, 0.05) is 30.5 Å². The fraction of sp³-hybridized carbons (Fsp3) is 0.875. The number of carbonyl (C=O) groups is 1. The van der Waals surface area contributed by atoms with Gasteiger partial charge in [-0.25, -0.2) is 0 Å². The van der Waals surface area contributed by atoms with Gasteiger partial charge in [0.25, 0.3) is 0 Å². The monoisotopic (exact) mass is 189 g/mol. The lowest BCUT2D eigenvalue weighted by Crippen LogP contribution is -2.32. The Kier molecular flexibility index (Phi) is 4.46. The van der Waals surface area contributed by atoms with Crippen LogP contribution in [-0.4, -0.2) is 37.2 Å². The Morgan fingerprint density at radius 1 is 1.75 bits per heavy atom. The molecule has 1 saturated heterocycles. The number of ether oxygens (including phenoxy) is 1. The minimum absolute atomic E-state index is 0.0961. The van der Waals surface area contributed by atoms with E-state index in [4.69, 9.17) is 0 Å². The van der Waals surface area contributed by atoms with Gasteiger partial charge in [-0.1, -0.05) is 0 Å². The van der Waals surface area contributed by atoms with Crippen molar-refractivity contribution in [2.75, 3.05) is 26.0 Å². The number of methoxy groups -OCH3 is 1. The molecule has 1 unspecified atom stereocenters. The first kappa shape index (κ1) is 9.86. The van der Waals surface area contributed by atoms with Crippen LogP contribution in [0.15, 0.2) is 0 Å². The van der Waals surface area contributed by atoms with Crippen LogP contribution in [0.5, 0.6) is 0 Å². The van der Waals surface area contributed by atoms with Gasteiger partial charge in [0.05, 0.1) is 7.11 Å². The Bertz CT molecular complexity index is 146. The van der Waals surface area contributed by atoms with Gasteiger partial charge in [0.1, 0.15) is 0 Å². The maximum Gasteiger partial charge on any atom is 0.305 e. The fourth-order valence-corrected chi connectivity index (χ4v) is 2.30. The van der Waals surface area contributed by atoms with Gasteiger partial charge in [-0.3, -0.25) is 4.79 Å². The van der Waals surface area contributed by atoms with E-state index < -0.39 is 0 Å². The third-order valence-electron chi connectivity index (χ3n) is 1.90. The zero-order valence-electron chi connectivity index (χ0n) is 7.34. The highest BCUT2D eigenvalue weighted by Gasteiger charge is 2.14. The lowest BCUT2D eigenvalue weighted by atomic mass is 10.2. The molecule has 0 aromatic rings. The summed E-state index contributed by atoms with van der Waals surface area (Å²) in [5, 5.41) is 3.90. The van der Waals surface area contributed by atoms with E-state index in [9.17, 15) is 4.79 Å². The second kappa shape index (κ2) is 5.43. The molecule has 0 bridgehead atoms. The highest BCUT2D eigenvalue weighted by atomic mass is 32.2. The first-order valence-corrected chi connectivity index (χ1v) is 5.27. The molecule has 0 spiro atoms. The van der Waals surface area contributed by atoms with Crippen molar-refractivity contribution in [3.05, 3.63) is 0 Å². The summed E-state index contributed by atoms with van der Waals surface area (Å²) < 4.78 is 4.57. The van der Waals surface area contributed by atoms with Crippen molar-refractivity contribution in [2.45, 2.75) is 18.1 Å². The van der Waals surface area contributed by atoms with Crippen molar-refractivity contribution in [2.24, 2.45) is 0 Å². The Morgan fingerprint density at radius 3 is 3.17 bits per heavy atom. The zero-order chi connectivity index (χ0) is 8.81. The minimum Gasteiger partial charge on any atom is -0.469 e. The highest BCUT2D eigenvalue weighted by Crippen LogP contribution is 2.18. The van der Waals surface area contributed by atoms with Crippen LogP contribution in [0.4, 0.5) is 0 Å². The number of esters is 1. The van der Waals surface area contributed by atoms with E-state index in [0.29, 0.717) is 11.7 Å². The number of nitrogens with one attached hydrogen (secondary N) is 1. The summed E-state index contributed by atoms with van der Waals surface area (Å²) in [6.45, 7) is 2.13. The summed E-state index contributed by atoms with van der Waals surface area (Å²) in [4.78, 5) is 10.8. The molecule has 0 radical (unpaired) electrons. The molecule has 1 aliphatic heterocycles. The predicted molar refractivity (Wildman–Crippen MR) is 50.4 cm³/mol. The molecule has 1 N–H and O–H groups in total. The van der Waals surface area contributed by atoms with Gasteiger partial charge in [-0.05, 0) is 6.42 Å². The van der Waals surface area contributed by atoms with Crippen LogP contribution >= 0.6 is 11.8 Å². The average molecular weight is 189 g/mol. The van der Waals surface area contributed by atoms with Crippen molar-refractivity contribution in [1.82, 2.24) is 5.32 Å². The summed E-state index contributed by atoms with van der Waals surface area (Å²) in [5.41, 5.74) is 0. The van der Waals surface area contributed by atoms with Crippen LogP contribution in [0.2, 0.25) is 0 Å². The molecule has 1 fully saturated rings. The van der Waals surface area contributed by atoms with E-state index in [0.717, 1.165) is 25.3 Å².